The van der Waals surface area contributed by atoms with Gasteiger partial charge in [-0.3, -0.25) is 9.69 Å². The lowest BCUT2D eigenvalue weighted by Gasteiger charge is -2.33. The van der Waals surface area contributed by atoms with E-state index in [9.17, 15) is 22.4 Å². The van der Waals surface area contributed by atoms with Gasteiger partial charge in [0.15, 0.2) is 23.5 Å². The van der Waals surface area contributed by atoms with Crippen LogP contribution in [0, 0.1) is 5.82 Å². The van der Waals surface area contributed by atoms with Crippen molar-refractivity contribution in [3.63, 3.8) is 0 Å². The van der Waals surface area contributed by atoms with Crippen LogP contribution >= 0.6 is 11.6 Å². The van der Waals surface area contributed by atoms with Crippen molar-refractivity contribution in [1.29, 1.82) is 0 Å². The number of ether oxygens (including phenoxy) is 3. The first-order valence-corrected chi connectivity index (χ1v) is 13.9. The Bertz CT molecular complexity index is 1470. The number of para-hydroxylation sites is 1. The Morgan fingerprint density at radius 2 is 1.90 bits per heavy atom. The molecule has 0 aliphatic carbocycles. The molecule has 2 atom stereocenters. The molecule has 2 saturated heterocycles. The molecule has 218 valence electrons. The Hall–Kier alpha value is -3.15. The minimum absolute atomic E-state index is 0.0987. The number of aldehydes is 1. The summed E-state index contributed by atoms with van der Waals surface area (Å²) in [5.41, 5.74) is -0.454. The Kier molecular flexibility index (Phi) is 7.24. The molecule has 12 heteroatoms. The second-order valence-electron chi connectivity index (χ2n) is 10.8. The minimum Gasteiger partial charge on any atom is -0.444 e. The van der Waals surface area contributed by atoms with Crippen LogP contribution in [0.3, 0.4) is 0 Å². The van der Waals surface area contributed by atoms with E-state index in [4.69, 9.17) is 25.8 Å². The molecule has 0 saturated carbocycles. The summed E-state index contributed by atoms with van der Waals surface area (Å²) in [6, 6.07) is 9.95. The summed E-state index contributed by atoms with van der Waals surface area (Å²) in [7, 11) is 0. The number of fused-ring (bicyclic) bond motifs is 1. The van der Waals surface area contributed by atoms with Gasteiger partial charge in [0, 0.05) is 24.1 Å². The molecule has 4 heterocycles. The summed E-state index contributed by atoms with van der Waals surface area (Å²) in [5.74, 6) is -0.515. The number of hydrogen-bond acceptors (Lipinski definition) is 6. The van der Waals surface area contributed by atoms with Crippen LogP contribution in [-0.2, 0) is 29.8 Å². The molecule has 1 aromatic heterocycles. The molecular formula is C29H28ClF4N3O4. The maximum absolute atomic E-state index is 14.7. The van der Waals surface area contributed by atoms with Crippen molar-refractivity contribution in [2.24, 2.45) is 0 Å². The van der Waals surface area contributed by atoms with E-state index in [1.54, 1.807) is 25.1 Å². The van der Waals surface area contributed by atoms with Crippen molar-refractivity contribution in [2.75, 3.05) is 19.7 Å². The number of imidazole rings is 1. The van der Waals surface area contributed by atoms with Crippen LogP contribution in [0.15, 0.2) is 36.4 Å². The van der Waals surface area contributed by atoms with E-state index in [0.29, 0.717) is 44.0 Å². The van der Waals surface area contributed by atoms with Gasteiger partial charge in [0.2, 0.25) is 0 Å². The maximum atomic E-state index is 14.7. The van der Waals surface area contributed by atoms with Crippen LogP contribution in [0.2, 0.25) is 5.02 Å². The monoisotopic (exact) mass is 593 g/mol. The fourth-order valence-electron chi connectivity index (χ4n) is 5.84. The minimum atomic E-state index is -4.73. The molecule has 0 bridgehead atoms. The van der Waals surface area contributed by atoms with Gasteiger partial charge >= 0.3 is 6.18 Å². The molecule has 2 fully saturated rings. The highest BCUT2D eigenvalue weighted by atomic mass is 35.5. The van der Waals surface area contributed by atoms with Crippen molar-refractivity contribution in [2.45, 2.75) is 63.3 Å². The second-order valence-corrected chi connectivity index (χ2v) is 11.2. The number of carbonyl (C=O) groups excluding carboxylic acids is 1. The van der Waals surface area contributed by atoms with E-state index >= 15 is 0 Å². The lowest BCUT2D eigenvalue weighted by Crippen LogP contribution is -2.36. The predicted octanol–water partition coefficient (Wildman–Crippen LogP) is 6.32. The third-order valence-corrected chi connectivity index (χ3v) is 8.30. The topological polar surface area (TPSA) is 65.8 Å². The number of piperidine rings is 1. The van der Waals surface area contributed by atoms with Gasteiger partial charge in [-0.1, -0.05) is 23.7 Å². The summed E-state index contributed by atoms with van der Waals surface area (Å²) in [5, 5.41) is 0.272. The highest BCUT2D eigenvalue weighted by molar-refractivity contribution is 6.30. The number of nitrogens with zero attached hydrogens (tertiary/aromatic N) is 3. The molecule has 3 aliphatic heterocycles. The maximum Gasteiger partial charge on any atom is 0.435 e. The Morgan fingerprint density at radius 1 is 1.15 bits per heavy atom. The van der Waals surface area contributed by atoms with E-state index in [2.05, 4.69) is 4.98 Å². The predicted molar refractivity (Wildman–Crippen MR) is 141 cm³/mol. The van der Waals surface area contributed by atoms with Crippen molar-refractivity contribution in [1.82, 2.24) is 14.5 Å². The quantitative estimate of drug-likeness (QED) is 0.236. The zero-order valence-corrected chi connectivity index (χ0v) is 23.0. The fourth-order valence-corrected chi connectivity index (χ4v) is 6.00. The first kappa shape index (κ1) is 28.0. The summed E-state index contributed by atoms with van der Waals surface area (Å²) < 4.78 is 74.8. The van der Waals surface area contributed by atoms with Crippen LogP contribution in [0.5, 0.6) is 11.5 Å². The van der Waals surface area contributed by atoms with Crippen LogP contribution in [0.25, 0.3) is 0 Å². The smallest absolute Gasteiger partial charge is 0.435 e. The SMILES string of the molecule is C[C@]1(c2ccc(Cl)cc2F)Oc2cccc(C3CCN(Cc4nc(C(F)(F)F)c(C=O)n4C[C@@H]4CCO4)CC3)c2O1. The van der Waals surface area contributed by atoms with Gasteiger partial charge in [0.1, 0.15) is 17.3 Å². The molecular weight excluding hydrogens is 566 g/mol. The van der Waals surface area contributed by atoms with E-state index < -0.39 is 29.2 Å². The number of aromatic nitrogens is 2. The van der Waals surface area contributed by atoms with Gasteiger partial charge < -0.3 is 18.8 Å². The molecule has 0 N–H and O–H groups in total. The zero-order chi connectivity index (χ0) is 28.9. The molecule has 0 spiro atoms. The van der Waals surface area contributed by atoms with Crippen molar-refractivity contribution in [3.8, 4) is 11.5 Å². The van der Waals surface area contributed by atoms with Crippen LogP contribution in [0.1, 0.15) is 65.2 Å². The van der Waals surface area contributed by atoms with Crippen molar-refractivity contribution >= 4 is 17.9 Å². The van der Waals surface area contributed by atoms with E-state index in [1.165, 1.54) is 10.6 Å². The number of hydrogen-bond donors (Lipinski definition) is 0. The number of halogens is 5. The number of likely N-dealkylation sites (tertiary alicyclic amines) is 1. The summed E-state index contributed by atoms with van der Waals surface area (Å²) in [6.07, 6.45) is -2.59. The average molecular weight is 594 g/mol. The van der Waals surface area contributed by atoms with E-state index in [1.807, 2.05) is 17.0 Å². The molecule has 7 nitrogen and oxygen atoms in total. The number of benzene rings is 2. The third-order valence-electron chi connectivity index (χ3n) is 8.07. The van der Waals surface area contributed by atoms with Crippen LogP contribution < -0.4 is 9.47 Å². The van der Waals surface area contributed by atoms with Gasteiger partial charge in [-0.2, -0.15) is 13.2 Å². The molecule has 0 unspecified atom stereocenters. The van der Waals surface area contributed by atoms with Crippen LogP contribution in [0.4, 0.5) is 17.6 Å². The molecule has 6 rings (SSSR count). The Balaban J connectivity index is 1.18. The molecule has 3 aromatic rings. The second kappa shape index (κ2) is 10.6. The first-order chi connectivity index (χ1) is 19.6. The summed E-state index contributed by atoms with van der Waals surface area (Å²) in [6.45, 7) is 3.74. The van der Waals surface area contributed by atoms with Crippen LogP contribution in [-0.4, -0.2) is 46.5 Å². The zero-order valence-electron chi connectivity index (χ0n) is 22.2. The molecule has 2 aromatic carbocycles. The highest BCUT2D eigenvalue weighted by Gasteiger charge is 2.43. The largest absolute Gasteiger partial charge is 0.444 e. The molecule has 41 heavy (non-hydrogen) atoms. The average Bonchev–Trinajstić information content (AvgIpc) is 3.43. The lowest BCUT2D eigenvalue weighted by molar-refractivity contribution is -0.141. The molecule has 0 radical (unpaired) electrons. The lowest BCUT2D eigenvalue weighted by atomic mass is 9.88. The Labute approximate surface area is 239 Å². The van der Waals surface area contributed by atoms with Crippen molar-refractivity contribution in [3.05, 3.63) is 75.6 Å². The third kappa shape index (κ3) is 5.30. The Morgan fingerprint density at radius 3 is 2.54 bits per heavy atom. The van der Waals surface area contributed by atoms with Crippen molar-refractivity contribution < 1.29 is 36.6 Å². The first-order valence-electron chi connectivity index (χ1n) is 13.5. The van der Waals surface area contributed by atoms with Gasteiger partial charge in [0.05, 0.1) is 24.8 Å². The van der Waals surface area contributed by atoms with Gasteiger partial charge in [0.25, 0.3) is 5.79 Å². The number of rotatable bonds is 7. The number of carbonyl (C=O) groups is 1. The normalized spacial score (nSPS) is 23.0. The summed E-state index contributed by atoms with van der Waals surface area (Å²) in [4.78, 5) is 17.6. The fraction of sp³-hybridized carbons (Fsp3) is 0.448. The molecule has 3 aliphatic rings. The van der Waals surface area contributed by atoms with E-state index in [0.717, 1.165) is 12.0 Å². The van der Waals surface area contributed by atoms with Gasteiger partial charge in [-0.25, -0.2) is 9.37 Å². The highest BCUT2D eigenvalue weighted by Crippen LogP contribution is 2.50. The summed E-state index contributed by atoms with van der Waals surface area (Å²) >= 11 is 5.92. The van der Waals surface area contributed by atoms with E-state index in [-0.39, 0.29) is 47.8 Å². The molecule has 0 amide bonds. The van der Waals surface area contributed by atoms with Gasteiger partial charge in [-0.15, -0.1) is 0 Å². The van der Waals surface area contributed by atoms with Gasteiger partial charge in [-0.05, 0) is 62.5 Å². The standard InChI is InChI=1S/C29H28ClF4N3O4/c1-28(21-6-5-18(30)13-22(21)31)40-24-4-2-3-20(26(24)41-28)17-7-10-36(11-8-17)15-25-35-27(29(32,33)34)23(16-38)37(25)14-19-9-12-39-19/h2-6,13,16-17,19H,7-12,14-15H2,1H3/t19-,28-/m0/s1. The number of alkyl halides is 3.